The van der Waals surface area contributed by atoms with Crippen LogP contribution in [0.2, 0.25) is 0 Å². The van der Waals surface area contributed by atoms with E-state index in [1.54, 1.807) is 0 Å². The van der Waals surface area contributed by atoms with Crippen molar-refractivity contribution >= 4 is 5.97 Å². The highest BCUT2D eigenvalue weighted by molar-refractivity contribution is 5.78. The Morgan fingerprint density at radius 1 is 1.24 bits per heavy atom. The topological polar surface area (TPSA) is 35.5 Å². The zero-order valence-electron chi connectivity index (χ0n) is 14.6. The first kappa shape index (κ1) is 18.5. The quantitative estimate of drug-likeness (QED) is 0.584. The Hall–Kier alpha value is -0.570. The van der Waals surface area contributed by atoms with Gasteiger partial charge in [0.1, 0.15) is 0 Å². The average molecular weight is 298 g/mol. The van der Waals surface area contributed by atoms with Crippen LogP contribution in [0.4, 0.5) is 0 Å². The predicted octanol–water partition coefficient (Wildman–Crippen LogP) is 4.59. The van der Waals surface area contributed by atoms with E-state index in [2.05, 4.69) is 34.6 Å². The summed E-state index contributed by atoms with van der Waals surface area (Å²) in [5.41, 5.74) is -0.395. The highest BCUT2D eigenvalue weighted by Crippen LogP contribution is 2.46. The molecule has 3 nitrogen and oxygen atoms in total. The van der Waals surface area contributed by atoms with E-state index in [1.165, 1.54) is 0 Å². The van der Waals surface area contributed by atoms with Crippen molar-refractivity contribution in [1.29, 1.82) is 0 Å². The molecule has 2 atom stereocenters. The van der Waals surface area contributed by atoms with Gasteiger partial charge in [-0.25, -0.2) is 0 Å². The molecule has 0 aliphatic heterocycles. The lowest BCUT2D eigenvalue weighted by Gasteiger charge is -2.34. The second-order valence-corrected chi connectivity index (χ2v) is 7.33. The van der Waals surface area contributed by atoms with Gasteiger partial charge in [-0.3, -0.25) is 4.79 Å². The fourth-order valence-corrected chi connectivity index (χ4v) is 3.10. The summed E-state index contributed by atoms with van der Waals surface area (Å²) >= 11 is 0. The summed E-state index contributed by atoms with van der Waals surface area (Å²) in [6.07, 6.45) is 6.00. The van der Waals surface area contributed by atoms with Crippen LogP contribution in [0, 0.1) is 17.3 Å². The Morgan fingerprint density at radius 2 is 1.95 bits per heavy atom. The number of ether oxygens (including phenoxy) is 2. The molecule has 0 spiro atoms. The molecule has 0 aromatic carbocycles. The number of hydrogen-bond donors (Lipinski definition) is 0. The third-order valence-electron chi connectivity index (χ3n) is 4.35. The molecule has 2 unspecified atom stereocenters. The van der Waals surface area contributed by atoms with Gasteiger partial charge in [0.15, 0.2) is 0 Å². The largest absolute Gasteiger partial charge is 0.465 e. The van der Waals surface area contributed by atoms with Crippen LogP contribution in [-0.4, -0.2) is 25.3 Å². The van der Waals surface area contributed by atoms with Crippen molar-refractivity contribution in [1.82, 2.24) is 0 Å². The van der Waals surface area contributed by atoms with Crippen molar-refractivity contribution < 1.29 is 14.3 Å². The minimum Gasteiger partial charge on any atom is -0.465 e. The van der Waals surface area contributed by atoms with E-state index in [1.807, 2.05) is 0 Å². The van der Waals surface area contributed by atoms with Crippen molar-refractivity contribution in [2.75, 3.05) is 13.2 Å². The number of hydrogen-bond acceptors (Lipinski definition) is 3. The Morgan fingerprint density at radius 3 is 2.52 bits per heavy atom. The molecule has 1 saturated carbocycles. The fourth-order valence-electron chi connectivity index (χ4n) is 3.10. The van der Waals surface area contributed by atoms with Gasteiger partial charge in [-0.2, -0.15) is 0 Å². The molecule has 0 aromatic heterocycles. The minimum absolute atomic E-state index is 0.0181. The van der Waals surface area contributed by atoms with E-state index in [-0.39, 0.29) is 12.1 Å². The van der Waals surface area contributed by atoms with Crippen LogP contribution >= 0.6 is 0 Å². The Labute approximate surface area is 130 Å². The Balaban J connectivity index is 2.79. The fraction of sp³-hybridized carbons (Fsp3) is 0.944. The second kappa shape index (κ2) is 8.77. The van der Waals surface area contributed by atoms with Gasteiger partial charge in [0.05, 0.1) is 18.1 Å². The summed E-state index contributed by atoms with van der Waals surface area (Å²) in [6.45, 7) is 12.0. The van der Waals surface area contributed by atoms with Gasteiger partial charge in [0.25, 0.3) is 0 Å². The summed E-state index contributed by atoms with van der Waals surface area (Å²) in [5, 5.41) is 0. The SMILES string of the molecule is CCCOC1CCCC1(CCC(C)C)C(=O)OCC(C)C. The number of carbonyl (C=O) groups is 1. The van der Waals surface area contributed by atoms with Gasteiger partial charge in [0, 0.05) is 6.61 Å². The maximum absolute atomic E-state index is 12.8. The number of esters is 1. The third-order valence-corrected chi connectivity index (χ3v) is 4.35. The molecule has 0 N–H and O–H groups in total. The molecule has 1 aliphatic rings. The first-order valence-electron chi connectivity index (χ1n) is 8.71. The summed E-state index contributed by atoms with van der Waals surface area (Å²) in [6, 6.07) is 0. The smallest absolute Gasteiger partial charge is 0.314 e. The monoisotopic (exact) mass is 298 g/mol. The van der Waals surface area contributed by atoms with Gasteiger partial charge in [-0.15, -0.1) is 0 Å². The van der Waals surface area contributed by atoms with E-state index < -0.39 is 5.41 Å². The van der Waals surface area contributed by atoms with E-state index in [4.69, 9.17) is 9.47 Å². The van der Waals surface area contributed by atoms with Crippen molar-refractivity contribution in [3.05, 3.63) is 0 Å². The molecule has 1 rings (SSSR count). The summed E-state index contributed by atoms with van der Waals surface area (Å²) < 4.78 is 11.6. The molecule has 3 heteroatoms. The Bertz CT molecular complexity index is 312. The number of carbonyl (C=O) groups excluding carboxylic acids is 1. The standard InChI is InChI=1S/C18H34O3/c1-6-12-20-16-8-7-10-18(16,11-9-14(2)3)17(19)21-13-15(4)5/h14-16H,6-13H2,1-5H3. The molecule has 0 aromatic rings. The highest BCUT2D eigenvalue weighted by atomic mass is 16.5. The van der Waals surface area contributed by atoms with Crippen LogP contribution in [0.5, 0.6) is 0 Å². The molecule has 0 bridgehead atoms. The molecular weight excluding hydrogens is 264 g/mol. The molecule has 21 heavy (non-hydrogen) atoms. The van der Waals surface area contributed by atoms with Gasteiger partial charge in [0.2, 0.25) is 0 Å². The molecule has 0 radical (unpaired) electrons. The van der Waals surface area contributed by atoms with Gasteiger partial charge in [-0.05, 0) is 50.4 Å². The van der Waals surface area contributed by atoms with Crippen LogP contribution in [0.3, 0.4) is 0 Å². The molecule has 0 amide bonds. The molecular formula is C18H34O3. The minimum atomic E-state index is -0.395. The Kier molecular flexibility index (Phi) is 7.72. The van der Waals surface area contributed by atoms with Crippen LogP contribution < -0.4 is 0 Å². The van der Waals surface area contributed by atoms with E-state index in [0.29, 0.717) is 18.4 Å². The lowest BCUT2D eigenvalue weighted by atomic mass is 9.78. The average Bonchev–Trinajstić information content (AvgIpc) is 2.84. The van der Waals surface area contributed by atoms with Crippen LogP contribution in [0.1, 0.15) is 73.1 Å². The van der Waals surface area contributed by atoms with E-state index >= 15 is 0 Å². The maximum atomic E-state index is 12.8. The van der Waals surface area contributed by atoms with Crippen LogP contribution in [0.15, 0.2) is 0 Å². The van der Waals surface area contributed by atoms with Crippen molar-refractivity contribution in [2.45, 2.75) is 79.2 Å². The lowest BCUT2D eigenvalue weighted by molar-refractivity contribution is -0.166. The second-order valence-electron chi connectivity index (χ2n) is 7.33. The molecule has 1 fully saturated rings. The normalized spacial score (nSPS) is 25.8. The molecule has 0 saturated heterocycles. The first-order chi connectivity index (χ1) is 9.92. The number of rotatable bonds is 9. The zero-order chi connectivity index (χ0) is 15.9. The van der Waals surface area contributed by atoms with Gasteiger partial charge < -0.3 is 9.47 Å². The summed E-state index contributed by atoms with van der Waals surface area (Å²) in [7, 11) is 0. The predicted molar refractivity (Wildman–Crippen MR) is 86.2 cm³/mol. The van der Waals surface area contributed by atoms with Crippen molar-refractivity contribution in [2.24, 2.45) is 17.3 Å². The first-order valence-corrected chi connectivity index (χ1v) is 8.71. The van der Waals surface area contributed by atoms with E-state index in [9.17, 15) is 4.79 Å². The lowest BCUT2D eigenvalue weighted by Crippen LogP contribution is -2.42. The molecule has 124 valence electrons. The van der Waals surface area contributed by atoms with Crippen molar-refractivity contribution in [3.8, 4) is 0 Å². The summed E-state index contributed by atoms with van der Waals surface area (Å²) in [4.78, 5) is 12.8. The van der Waals surface area contributed by atoms with Gasteiger partial charge >= 0.3 is 5.97 Å². The van der Waals surface area contributed by atoms with Crippen molar-refractivity contribution in [3.63, 3.8) is 0 Å². The maximum Gasteiger partial charge on any atom is 0.314 e. The van der Waals surface area contributed by atoms with Gasteiger partial charge in [-0.1, -0.05) is 34.6 Å². The molecule has 1 aliphatic carbocycles. The highest BCUT2D eigenvalue weighted by Gasteiger charge is 2.50. The van der Waals surface area contributed by atoms with Crippen LogP contribution in [-0.2, 0) is 14.3 Å². The molecule has 0 heterocycles. The summed E-state index contributed by atoms with van der Waals surface area (Å²) in [5.74, 6) is 0.968. The zero-order valence-corrected chi connectivity index (χ0v) is 14.6. The third kappa shape index (κ3) is 5.28. The van der Waals surface area contributed by atoms with Crippen LogP contribution in [0.25, 0.3) is 0 Å². The van der Waals surface area contributed by atoms with E-state index in [0.717, 1.165) is 45.1 Å².